The second kappa shape index (κ2) is 4.48. The molecule has 0 bridgehead atoms. The molecule has 2 heterocycles. The summed E-state index contributed by atoms with van der Waals surface area (Å²) in [5, 5.41) is 9.74. The fraction of sp³-hybridized carbons (Fsp3) is 0.538. The van der Waals surface area contributed by atoms with E-state index in [0.717, 1.165) is 29.5 Å². The van der Waals surface area contributed by atoms with E-state index < -0.39 is 0 Å². The quantitative estimate of drug-likeness (QED) is 0.896. The standard InChI is InChI=1S/C13H16N2O2S/c1-8-2-3-9-10(6-8)18-12-11(9)13(17)15(4-5-16)7-14-12/h7-8,16H,2-6H2,1H3/t8-/m1/s1. The first-order valence-electron chi connectivity index (χ1n) is 6.31. The monoisotopic (exact) mass is 264 g/mol. The third kappa shape index (κ3) is 1.78. The normalized spacial score (nSPS) is 19.1. The summed E-state index contributed by atoms with van der Waals surface area (Å²) in [4.78, 5) is 18.9. The largest absolute Gasteiger partial charge is 0.395 e. The van der Waals surface area contributed by atoms with Crippen molar-refractivity contribution >= 4 is 21.6 Å². The van der Waals surface area contributed by atoms with Crippen molar-refractivity contribution in [2.75, 3.05) is 6.61 Å². The molecule has 4 nitrogen and oxygen atoms in total. The highest BCUT2D eigenvalue weighted by molar-refractivity contribution is 7.18. The summed E-state index contributed by atoms with van der Waals surface area (Å²) in [7, 11) is 0. The molecule has 5 heteroatoms. The molecule has 18 heavy (non-hydrogen) atoms. The van der Waals surface area contributed by atoms with E-state index in [1.165, 1.54) is 15.0 Å². The number of aliphatic hydroxyl groups is 1. The van der Waals surface area contributed by atoms with Crippen molar-refractivity contribution < 1.29 is 5.11 Å². The summed E-state index contributed by atoms with van der Waals surface area (Å²) in [5.74, 6) is 0.699. The molecule has 0 saturated heterocycles. The minimum absolute atomic E-state index is 0.00102. The first-order valence-corrected chi connectivity index (χ1v) is 7.13. The third-order valence-corrected chi connectivity index (χ3v) is 4.79. The first kappa shape index (κ1) is 11.9. The Labute approximate surface area is 109 Å². The van der Waals surface area contributed by atoms with E-state index in [-0.39, 0.29) is 12.2 Å². The lowest BCUT2D eigenvalue weighted by Crippen LogP contribution is -2.22. The molecule has 0 unspecified atom stereocenters. The van der Waals surface area contributed by atoms with Crippen LogP contribution in [0, 0.1) is 5.92 Å². The maximum Gasteiger partial charge on any atom is 0.262 e. The van der Waals surface area contributed by atoms with Crippen molar-refractivity contribution in [3.05, 3.63) is 27.1 Å². The summed E-state index contributed by atoms with van der Waals surface area (Å²) in [5.41, 5.74) is 1.21. The Hall–Kier alpha value is -1.20. The zero-order valence-electron chi connectivity index (χ0n) is 10.3. The summed E-state index contributed by atoms with van der Waals surface area (Å²) in [6.45, 7) is 2.55. The highest BCUT2D eigenvalue weighted by Crippen LogP contribution is 2.35. The number of hydrogen-bond donors (Lipinski definition) is 1. The van der Waals surface area contributed by atoms with Gasteiger partial charge in [-0.05, 0) is 30.7 Å². The van der Waals surface area contributed by atoms with Crippen LogP contribution in [0.2, 0.25) is 0 Å². The van der Waals surface area contributed by atoms with Gasteiger partial charge in [0.15, 0.2) is 0 Å². The van der Waals surface area contributed by atoms with Crippen LogP contribution in [0.4, 0.5) is 0 Å². The number of fused-ring (bicyclic) bond motifs is 3. The van der Waals surface area contributed by atoms with Gasteiger partial charge in [-0.2, -0.15) is 0 Å². The van der Waals surface area contributed by atoms with Crippen molar-refractivity contribution in [2.45, 2.75) is 32.7 Å². The molecule has 0 spiro atoms. The van der Waals surface area contributed by atoms with Crippen LogP contribution in [-0.4, -0.2) is 21.3 Å². The van der Waals surface area contributed by atoms with Gasteiger partial charge in [0, 0.05) is 4.88 Å². The van der Waals surface area contributed by atoms with Crippen LogP contribution >= 0.6 is 11.3 Å². The Balaban J connectivity index is 2.22. The van der Waals surface area contributed by atoms with Gasteiger partial charge >= 0.3 is 0 Å². The Kier molecular flexibility index (Phi) is 2.95. The average Bonchev–Trinajstić information content (AvgIpc) is 2.71. The lowest BCUT2D eigenvalue weighted by Gasteiger charge is -2.17. The fourth-order valence-electron chi connectivity index (χ4n) is 2.63. The van der Waals surface area contributed by atoms with Gasteiger partial charge in [0.2, 0.25) is 0 Å². The molecule has 0 aromatic carbocycles. The van der Waals surface area contributed by atoms with Gasteiger partial charge in [-0.15, -0.1) is 11.3 Å². The van der Waals surface area contributed by atoms with Gasteiger partial charge in [-0.1, -0.05) is 6.92 Å². The average molecular weight is 264 g/mol. The Bertz CT molecular complexity index is 644. The number of aliphatic hydroxyl groups excluding tert-OH is 1. The molecule has 0 radical (unpaired) electrons. The molecule has 1 N–H and O–H groups in total. The number of hydrogen-bond acceptors (Lipinski definition) is 4. The summed E-state index contributed by atoms with van der Waals surface area (Å²) in [6.07, 6.45) is 4.74. The molecule has 0 aliphatic heterocycles. The SMILES string of the molecule is C[C@@H]1CCc2c(sc3ncn(CCO)c(=O)c23)C1. The Morgan fingerprint density at radius 1 is 1.61 bits per heavy atom. The number of aromatic nitrogens is 2. The minimum Gasteiger partial charge on any atom is -0.395 e. The number of nitrogens with zero attached hydrogens (tertiary/aromatic N) is 2. The summed E-state index contributed by atoms with van der Waals surface area (Å²) in [6, 6.07) is 0. The first-order chi connectivity index (χ1) is 8.70. The second-order valence-corrected chi connectivity index (χ2v) is 6.08. The van der Waals surface area contributed by atoms with Crippen molar-refractivity contribution in [1.82, 2.24) is 9.55 Å². The molecular formula is C13H16N2O2S. The van der Waals surface area contributed by atoms with Crippen LogP contribution in [0.15, 0.2) is 11.1 Å². The maximum atomic E-state index is 12.4. The summed E-state index contributed by atoms with van der Waals surface area (Å²) < 4.78 is 1.51. The molecule has 2 aromatic heterocycles. The van der Waals surface area contributed by atoms with Crippen LogP contribution in [-0.2, 0) is 19.4 Å². The molecular weight excluding hydrogens is 248 g/mol. The Morgan fingerprint density at radius 2 is 2.44 bits per heavy atom. The lowest BCUT2D eigenvalue weighted by molar-refractivity contribution is 0.274. The molecule has 3 rings (SSSR count). The lowest BCUT2D eigenvalue weighted by atomic mass is 9.89. The van der Waals surface area contributed by atoms with Crippen molar-refractivity contribution in [2.24, 2.45) is 5.92 Å². The number of aryl methyl sites for hydroxylation is 1. The smallest absolute Gasteiger partial charge is 0.262 e. The molecule has 0 fully saturated rings. The predicted octanol–water partition coefficient (Wildman–Crippen LogP) is 1.58. The van der Waals surface area contributed by atoms with Crippen LogP contribution in [0.5, 0.6) is 0 Å². The van der Waals surface area contributed by atoms with Crippen LogP contribution < -0.4 is 5.56 Å². The maximum absolute atomic E-state index is 12.4. The van der Waals surface area contributed by atoms with Crippen LogP contribution in [0.1, 0.15) is 23.8 Å². The topological polar surface area (TPSA) is 55.1 Å². The van der Waals surface area contributed by atoms with Gasteiger partial charge in [-0.25, -0.2) is 4.98 Å². The molecule has 96 valence electrons. The second-order valence-electron chi connectivity index (χ2n) is 5.00. The van der Waals surface area contributed by atoms with Gasteiger partial charge in [0.05, 0.1) is 24.9 Å². The van der Waals surface area contributed by atoms with E-state index >= 15 is 0 Å². The zero-order valence-corrected chi connectivity index (χ0v) is 11.2. The van der Waals surface area contributed by atoms with E-state index in [1.807, 2.05) is 0 Å². The van der Waals surface area contributed by atoms with Crippen LogP contribution in [0.3, 0.4) is 0 Å². The van der Waals surface area contributed by atoms with Crippen LogP contribution in [0.25, 0.3) is 10.2 Å². The Morgan fingerprint density at radius 3 is 3.22 bits per heavy atom. The highest BCUT2D eigenvalue weighted by atomic mass is 32.1. The molecule has 2 aromatic rings. The molecule has 0 saturated carbocycles. The fourth-order valence-corrected chi connectivity index (χ4v) is 3.97. The number of thiophene rings is 1. The predicted molar refractivity (Wildman–Crippen MR) is 72.2 cm³/mol. The molecule has 0 amide bonds. The number of rotatable bonds is 2. The van der Waals surface area contributed by atoms with Gasteiger partial charge < -0.3 is 5.11 Å². The zero-order chi connectivity index (χ0) is 12.7. The van der Waals surface area contributed by atoms with Gasteiger partial charge in [-0.3, -0.25) is 9.36 Å². The van der Waals surface area contributed by atoms with Crippen molar-refractivity contribution in [3.8, 4) is 0 Å². The van der Waals surface area contributed by atoms with E-state index in [4.69, 9.17) is 5.11 Å². The highest BCUT2D eigenvalue weighted by Gasteiger charge is 2.22. The molecule has 1 atom stereocenters. The third-order valence-electron chi connectivity index (χ3n) is 3.62. The molecule has 1 aliphatic rings. The van der Waals surface area contributed by atoms with E-state index in [2.05, 4.69) is 11.9 Å². The van der Waals surface area contributed by atoms with Gasteiger partial charge in [0.25, 0.3) is 5.56 Å². The van der Waals surface area contributed by atoms with Crippen molar-refractivity contribution in [3.63, 3.8) is 0 Å². The van der Waals surface area contributed by atoms with E-state index in [0.29, 0.717) is 12.5 Å². The van der Waals surface area contributed by atoms with Gasteiger partial charge in [0.1, 0.15) is 4.83 Å². The van der Waals surface area contributed by atoms with E-state index in [9.17, 15) is 4.79 Å². The summed E-state index contributed by atoms with van der Waals surface area (Å²) >= 11 is 1.66. The minimum atomic E-state index is -0.0313. The van der Waals surface area contributed by atoms with Crippen molar-refractivity contribution in [1.29, 1.82) is 0 Å². The molecule has 1 aliphatic carbocycles. The van der Waals surface area contributed by atoms with E-state index in [1.54, 1.807) is 17.7 Å².